The van der Waals surface area contributed by atoms with Gasteiger partial charge in [0.2, 0.25) is 0 Å². The Kier molecular flexibility index (Phi) is 7.72. The molecule has 0 heterocycles. The highest BCUT2D eigenvalue weighted by atomic mass is 13.8. The summed E-state index contributed by atoms with van der Waals surface area (Å²) < 4.78 is 0. The fraction of sp³-hybridized carbons (Fsp3) is 0.600. The summed E-state index contributed by atoms with van der Waals surface area (Å²) in [4.78, 5) is 0. The maximum absolute atomic E-state index is 3.08. The number of hydrogen-bond donors (Lipinski definition) is 0. The van der Waals surface area contributed by atoms with Crippen LogP contribution in [-0.4, -0.2) is 0 Å². The number of rotatable bonds is 3. The quantitative estimate of drug-likeness (QED) is 0.413. The summed E-state index contributed by atoms with van der Waals surface area (Å²) in [5.74, 6) is 6.07. The normalized spacial score (nSPS) is 9.40. The van der Waals surface area contributed by atoms with Crippen LogP contribution in [0.2, 0.25) is 0 Å². The average Bonchev–Trinajstić information content (AvgIpc) is 1.97. The largest absolute Gasteiger partial charge is 0.0985 e. The summed E-state index contributed by atoms with van der Waals surface area (Å²) in [6.45, 7) is 4.30. The van der Waals surface area contributed by atoms with Crippen molar-refractivity contribution in [1.29, 1.82) is 0 Å². The second-order valence-corrected chi connectivity index (χ2v) is 2.24. The SMILES string of the molecule is CC/C=C/C#CCCCC. The van der Waals surface area contributed by atoms with Gasteiger partial charge in [0.25, 0.3) is 0 Å². The molecule has 0 nitrogen and oxygen atoms in total. The second kappa shape index (κ2) is 8.30. The van der Waals surface area contributed by atoms with Crippen molar-refractivity contribution in [3.05, 3.63) is 12.2 Å². The van der Waals surface area contributed by atoms with E-state index in [-0.39, 0.29) is 0 Å². The molecule has 0 aromatic rings. The Bertz CT molecular complexity index is 132. The minimum Gasteiger partial charge on any atom is -0.0985 e. The average molecular weight is 136 g/mol. The minimum atomic E-state index is 1.05. The Morgan fingerprint density at radius 3 is 2.70 bits per heavy atom. The molecule has 0 aliphatic rings. The Labute approximate surface area is 64.3 Å². The van der Waals surface area contributed by atoms with E-state index >= 15 is 0 Å². The number of allylic oxidation sites excluding steroid dienone is 2. The molecule has 0 radical (unpaired) electrons. The van der Waals surface area contributed by atoms with E-state index in [9.17, 15) is 0 Å². The van der Waals surface area contributed by atoms with Crippen LogP contribution in [0.15, 0.2) is 12.2 Å². The molecule has 0 aromatic heterocycles. The number of hydrogen-bond acceptors (Lipinski definition) is 0. The standard InChI is InChI=1S/C10H16/c1-3-5-7-9-10-8-6-4-2/h5,7H,3-4,6,8H2,1-2H3/b7-5+. The first-order chi connectivity index (χ1) is 4.91. The lowest BCUT2D eigenvalue weighted by molar-refractivity contribution is 0.828. The first-order valence-corrected chi connectivity index (χ1v) is 4.05. The van der Waals surface area contributed by atoms with Gasteiger partial charge in [-0.25, -0.2) is 0 Å². The van der Waals surface area contributed by atoms with Crippen molar-refractivity contribution in [2.24, 2.45) is 0 Å². The molecule has 56 valence electrons. The Morgan fingerprint density at radius 1 is 1.30 bits per heavy atom. The van der Waals surface area contributed by atoms with Crippen LogP contribution in [0.4, 0.5) is 0 Å². The van der Waals surface area contributed by atoms with Crippen molar-refractivity contribution >= 4 is 0 Å². The van der Waals surface area contributed by atoms with E-state index < -0.39 is 0 Å². The fourth-order valence-electron chi connectivity index (χ4n) is 0.573. The van der Waals surface area contributed by atoms with Gasteiger partial charge in [-0.15, -0.1) is 0 Å². The zero-order valence-corrected chi connectivity index (χ0v) is 6.98. The molecule has 0 amide bonds. The van der Waals surface area contributed by atoms with Gasteiger partial charge in [0.05, 0.1) is 0 Å². The molecule has 0 saturated carbocycles. The van der Waals surface area contributed by atoms with Gasteiger partial charge >= 0.3 is 0 Å². The van der Waals surface area contributed by atoms with Crippen LogP contribution in [0.1, 0.15) is 39.5 Å². The van der Waals surface area contributed by atoms with Gasteiger partial charge in [0.1, 0.15) is 0 Å². The van der Waals surface area contributed by atoms with Crippen LogP contribution in [0, 0.1) is 11.8 Å². The lowest BCUT2D eigenvalue weighted by Crippen LogP contribution is -1.65. The molecule has 0 aliphatic carbocycles. The van der Waals surface area contributed by atoms with Crippen LogP contribution in [-0.2, 0) is 0 Å². The predicted molar refractivity (Wildman–Crippen MR) is 46.7 cm³/mol. The van der Waals surface area contributed by atoms with Crippen molar-refractivity contribution in [2.45, 2.75) is 39.5 Å². The topological polar surface area (TPSA) is 0 Å². The first-order valence-electron chi connectivity index (χ1n) is 4.05. The fourth-order valence-corrected chi connectivity index (χ4v) is 0.573. The van der Waals surface area contributed by atoms with E-state index in [1.807, 2.05) is 6.08 Å². The van der Waals surface area contributed by atoms with Crippen molar-refractivity contribution in [1.82, 2.24) is 0 Å². The number of unbranched alkanes of at least 4 members (excludes halogenated alkanes) is 2. The van der Waals surface area contributed by atoms with Crippen molar-refractivity contribution in [3.8, 4) is 11.8 Å². The van der Waals surface area contributed by atoms with Gasteiger partial charge in [-0.2, -0.15) is 0 Å². The molecule has 0 rings (SSSR count). The van der Waals surface area contributed by atoms with Gasteiger partial charge in [0, 0.05) is 6.42 Å². The van der Waals surface area contributed by atoms with Crippen LogP contribution < -0.4 is 0 Å². The van der Waals surface area contributed by atoms with Crippen LogP contribution in [0.3, 0.4) is 0 Å². The third kappa shape index (κ3) is 7.30. The van der Waals surface area contributed by atoms with Gasteiger partial charge in [-0.1, -0.05) is 38.2 Å². The summed E-state index contributed by atoms with van der Waals surface area (Å²) in [7, 11) is 0. The third-order valence-corrected chi connectivity index (χ3v) is 1.19. The Hall–Kier alpha value is -0.700. The predicted octanol–water partition coefficient (Wildman–Crippen LogP) is 3.15. The summed E-state index contributed by atoms with van der Waals surface area (Å²) in [6.07, 6.45) is 8.63. The molecular formula is C10H16. The second-order valence-electron chi connectivity index (χ2n) is 2.24. The Morgan fingerprint density at radius 2 is 2.10 bits per heavy atom. The van der Waals surface area contributed by atoms with Crippen molar-refractivity contribution in [3.63, 3.8) is 0 Å². The maximum Gasteiger partial charge on any atom is 0.00921 e. The molecule has 0 spiro atoms. The van der Waals surface area contributed by atoms with Gasteiger partial charge in [-0.05, 0) is 18.9 Å². The monoisotopic (exact) mass is 136 g/mol. The van der Waals surface area contributed by atoms with E-state index in [0.717, 1.165) is 12.8 Å². The highest BCUT2D eigenvalue weighted by Crippen LogP contribution is 1.90. The van der Waals surface area contributed by atoms with E-state index in [0.29, 0.717) is 0 Å². The molecule has 10 heavy (non-hydrogen) atoms. The maximum atomic E-state index is 3.08. The van der Waals surface area contributed by atoms with E-state index in [2.05, 4.69) is 31.8 Å². The van der Waals surface area contributed by atoms with E-state index in [1.165, 1.54) is 12.8 Å². The van der Waals surface area contributed by atoms with E-state index in [1.54, 1.807) is 0 Å². The molecule has 0 heteroatoms. The van der Waals surface area contributed by atoms with Crippen LogP contribution in [0.25, 0.3) is 0 Å². The molecule has 0 saturated heterocycles. The Balaban J connectivity index is 3.22. The minimum absolute atomic E-state index is 1.05. The molecule has 0 N–H and O–H groups in total. The van der Waals surface area contributed by atoms with Gasteiger partial charge in [0.15, 0.2) is 0 Å². The third-order valence-electron chi connectivity index (χ3n) is 1.19. The highest BCUT2D eigenvalue weighted by Gasteiger charge is 1.73. The van der Waals surface area contributed by atoms with E-state index in [4.69, 9.17) is 0 Å². The molecule has 0 unspecified atom stereocenters. The van der Waals surface area contributed by atoms with Crippen LogP contribution >= 0.6 is 0 Å². The van der Waals surface area contributed by atoms with Crippen LogP contribution in [0.5, 0.6) is 0 Å². The molecule has 0 aromatic carbocycles. The van der Waals surface area contributed by atoms with Gasteiger partial charge < -0.3 is 0 Å². The summed E-state index contributed by atoms with van der Waals surface area (Å²) in [5, 5.41) is 0. The zero-order chi connectivity index (χ0) is 7.66. The van der Waals surface area contributed by atoms with Gasteiger partial charge in [-0.3, -0.25) is 0 Å². The molecule has 0 aliphatic heterocycles. The highest BCUT2D eigenvalue weighted by molar-refractivity contribution is 5.14. The lowest BCUT2D eigenvalue weighted by atomic mass is 10.2. The smallest absolute Gasteiger partial charge is 0.00921 e. The molecule has 0 atom stereocenters. The molecule has 0 fully saturated rings. The van der Waals surface area contributed by atoms with Crippen molar-refractivity contribution < 1.29 is 0 Å². The first kappa shape index (κ1) is 9.30. The summed E-state index contributed by atoms with van der Waals surface area (Å²) >= 11 is 0. The van der Waals surface area contributed by atoms with Crippen molar-refractivity contribution in [2.75, 3.05) is 0 Å². The zero-order valence-electron chi connectivity index (χ0n) is 6.98. The summed E-state index contributed by atoms with van der Waals surface area (Å²) in [5.41, 5.74) is 0. The molecular weight excluding hydrogens is 120 g/mol. The summed E-state index contributed by atoms with van der Waals surface area (Å²) in [6, 6.07) is 0. The lowest BCUT2D eigenvalue weighted by Gasteiger charge is -1.81. The molecule has 0 bridgehead atoms.